The van der Waals surface area contributed by atoms with Crippen molar-refractivity contribution in [2.24, 2.45) is 0 Å². The second-order valence-corrected chi connectivity index (χ2v) is 9.26. The number of aliphatic carboxylic acids is 3. The molecule has 0 unspecified atom stereocenters. The molecule has 0 bridgehead atoms. The molecule has 150 valence electrons. The van der Waals surface area contributed by atoms with Crippen LogP contribution in [0.2, 0.25) is 0 Å². The molecule has 0 radical (unpaired) electrons. The minimum absolute atomic E-state index is 1.08. The first-order valence-electron chi connectivity index (χ1n) is 6.83. The summed E-state index contributed by atoms with van der Waals surface area (Å²) >= 11 is -4.71. The molecule has 1 aliphatic heterocycles. The van der Waals surface area contributed by atoms with Crippen molar-refractivity contribution in [3.8, 4) is 0 Å². The molecule has 0 aromatic heterocycles. The molecule has 0 amide bonds. The van der Waals surface area contributed by atoms with Gasteiger partial charge in [0.25, 0.3) is 0 Å². The van der Waals surface area contributed by atoms with E-state index in [0.717, 1.165) is 0 Å². The summed E-state index contributed by atoms with van der Waals surface area (Å²) in [6.07, 6.45) is -4.99. The van der Waals surface area contributed by atoms with Gasteiger partial charge in [0.15, 0.2) is 0 Å². The Bertz CT molecular complexity index is 688. The number of carbonyl (C=O) groups excluding carboxylic acids is 3. The van der Waals surface area contributed by atoms with Crippen molar-refractivity contribution in [1.82, 2.24) is 0 Å². The van der Waals surface area contributed by atoms with Crippen LogP contribution < -0.4 is 0 Å². The van der Waals surface area contributed by atoms with Crippen LogP contribution >= 0.6 is 0 Å². The van der Waals surface area contributed by atoms with E-state index >= 15 is 0 Å². The molecule has 27 heavy (non-hydrogen) atoms. The maximum absolute atomic E-state index is 11.8. The number of carboxylic acids is 3. The molecule has 0 spiro atoms. The number of carbonyl (C=O) groups is 6. The van der Waals surface area contributed by atoms with Gasteiger partial charge in [0.05, 0.1) is 0 Å². The van der Waals surface area contributed by atoms with Gasteiger partial charge in [0.1, 0.15) is 0 Å². The Hall–Kier alpha value is -2.38. The monoisotopic (exact) mass is 590 g/mol. The SMILES string of the molecule is O=C(O)C[C@](O)(CC(=O)[O][Bi]1[O]C(=O)C[C@@](O)(CC(=O)O)C(=O)[O]1)C(=O)O. The third-order valence-electron chi connectivity index (χ3n) is 3.05. The summed E-state index contributed by atoms with van der Waals surface area (Å²) in [6.45, 7) is 0. The maximum atomic E-state index is 11.8. The zero-order valence-electron chi connectivity index (χ0n) is 13.2. The van der Waals surface area contributed by atoms with Crippen molar-refractivity contribution < 1.29 is 62.7 Å². The molecule has 0 aromatic rings. The van der Waals surface area contributed by atoms with E-state index in [9.17, 15) is 39.0 Å². The van der Waals surface area contributed by atoms with Crippen molar-refractivity contribution >= 4 is 58.9 Å². The second kappa shape index (κ2) is 8.54. The first kappa shape index (κ1) is 22.7. The summed E-state index contributed by atoms with van der Waals surface area (Å²) in [5, 5.41) is 45.8. The first-order valence-corrected chi connectivity index (χ1v) is 11.1. The van der Waals surface area contributed by atoms with E-state index in [0.29, 0.717) is 0 Å². The fourth-order valence-corrected chi connectivity index (χ4v) is 5.25. The predicted molar refractivity (Wildman–Crippen MR) is 75.3 cm³/mol. The van der Waals surface area contributed by atoms with Gasteiger partial charge < -0.3 is 0 Å². The predicted octanol–water partition coefficient (Wildman–Crippen LogP) is -3.11. The van der Waals surface area contributed by atoms with Gasteiger partial charge in [0.2, 0.25) is 0 Å². The van der Waals surface area contributed by atoms with Gasteiger partial charge >= 0.3 is 159 Å². The van der Waals surface area contributed by atoms with E-state index in [-0.39, 0.29) is 0 Å². The standard InChI is InChI=1S/2C6H8O7.Bi/c2*7-3(8)1-6(13,5(11)12)2-4(9)10;/h2*13H,1-2H2,(H,7,8)(H,9,10)(H,11,12);/q;;+3/p-3. The van der Waals surface area contributed by atoms with Gasteiger partial charge in [-0.2, -0.15) is 0 Å². The quantitative estimate of drug-likeness (QED) is 0.176. The average molecular weight is 590 g/mol. The van der Waals surface area contributed by atoms with E-state index in [1.807, 2.05) is 0 Å². The van der Waals surface area contributed by atoms with Crippen LogP contribution in [-0.4, -0.2) is 95.6 Å². The van der Waals surface area contributed by atoms with Crippen LogP contribution in [0.4, 0.5) is 0 Å². The Morgan fingerprint density at radius 3 is 2.15 bits per heavy atom. The summed E-state index contributed by atoms with van der Waals surface area (Å²) in [6, 6.07) is 0. The topological polar surface area (TPSA) is 231 Å². The van der Waals surface area contributed by atoms with Gasteiger partial charge in [0, 0.05) is 0 Å². The third-order valence-corrected chi connectivity index (χ3v) is 7.02. The number of rotatable bonds is 8. The van der Waals surface area contributed by atoms with E-state index in [4.69, 9.17) is 15.3 Å². The Morgan fingerprint density at radius 2 is 1.67 bits per heavy atom. The zero-order chi connectivity index (χ0) is 21.0. The molecular weight excluding hydrogens is 577 g/mol. The number of aliphatic hydroxyl groups is 2. The van der Waals surface area contributed by atoms with Gasteiger partial charge in [-0.05, 0) is 0 Å². The van der Waals surface area contributed by atoms with Crippen LogP contribution in [0, 0.1) is 0 Å². The number of hydrogen-bond donors (Lipinski definition) is 5. The van der Waals surface area contributed by atoms with Crippen LogP contribution in [0.15, 0.2) is 0 Å². The zero-order valence-corrected chi connectivity index (χ0v) is 16.7. The normalized spacial score (nSPS) is 22.6. The van der Waals surface area contributed by atoms with Crippen molar-refractivity contribution in [3.63, 3.8) is 0 Å². The van der Waals surface area contributed by atoms with Crippen LogP contribution in [0.25, 0.3) is 0 Å². The van der Waals surface area contributed by atoms with Crippen molar-refractivity contribution in [1.29, 1.82) is 0 Å². The van der Waals surface area contributed by atoms with Crippen molar-refractivity contribution in [2.45, 2.75) is 36.9 Å². The van der Waals surface area contributed by atoms with Crippen molar-refractivity contribution in [2.75, 3.05) is 0 Å². The third kappa shape index (κ3) is 6.38. The van der Waals surface area contributed by atoms with Crippen LogP contribution in [0.3, 0.4) is 0 Å². The molecule has 0 saturated carbocycles. The fourth-order valence-electron chi connectivity index (χ4n) is 1.84. The van der Waals surface area contributed by atoms with Crippen LogP contribution in [0.1, 0.15) is 25.7 Å². The summed E-state index contributed by atoms with van der Waals surface area (Å²) in [5.74, 6) is -9.83. The Balaban J connectivity index is 2.86. The van der Waals surface area contributed by atoms with E-state index < -0.39 is 95.8 Å². The van der Waals surface area contributed by atoms with Gasteiger partial charge in [-0.3, -0.25) is 0 Å². The molecule has 1 saturated heterocycles. The van der Waals surface area contributed by atoms with Crippen molar-refractivity contribution in [3.05, 3.63) is 0 Å². The Kier molecular flexibility index (Phi) is 7.17. The molecule has 5 N–H and O–H groups in total. The average Bonchev–Trinajstić information content (AvgIpc) is 2.52. The molecule has 1 fully saturated rings. The molecule has 1 heterocycles. The molecule has 2 atom stereocenters. The Morgan fingerprint density at radius 1 is 1.07 bits per heavy atom. The summed E-state index contributed by atoms with van der Waals surface area (Å²) in [5.41, 5.74) is -5.78. The Labute approximate surface area is 158 Å². The van der Waals surface area contributed by atoms with Gasteiger partial charge in [-0.25, -0.2) is 0 Å². The van der Waals surface area contributed by atoms with E-state index in [1.54, 1.807) is 0 Å². The minimum atomic E-state index is -4.71. The summed E-state index contributed by atoms with van der Waals surface area (Å²) in [7, 11) is 0. The fraction of sp³-hybridized carbons (Fsp3) is 0.500. The first-order chi connectivity index (χ1) is 12.3. The second-order valence-electron chi connectivity index (χ2n) is 5.39. The van der Waals surface area contributed by atoms with E-state index in [1.165, 1.54) is 0 Å². The molecule has 1 rings (SSSR count). The number of carboxylic acid groups (broad SMARTS) is 3. The molecule has 14 nitrogen and oxygen atoms in total. The molecule has 0 aromatic carbocycles. The summed E-state index contributed by atoms with van der Waals surface area (Å²) < 4.78 is 13.7. The van der Waals surface area contributed by atoms with Crippen LogP contribution in [0.5, 0.6) is 0 Å². The van der Waals surface area contributed by atoms with Gasteiger partial charge in [-0.1, -0.05) is 0 Å². The molecular formula is C12H13BiO14. The van der Waals surface area contributed by atoms with Crippen LogP contribution in [-0.2, 0) is 37.2 Å². The van der Waals surface area contributed by atoms with Gasteiger partial charge in [-0.15, -0.1) is 0 Å². The number of hydrogen-bond acceptors (Lipinski definition) is 11. The summed E-state index contributed by atoms with van der Waals surface area (Å²) in [4.78, 5) is 67.4. The van der Waals surface area contributed by atoms with E-state index in [2.05, 4.69) is 8.44 Å². The molecule has 0 aliphatic carbocycles. The molecule has 15 heteroatoms. The molecule has 1 aliphatic rings.